The first kappa shape index (κ1) is 10.7. The number of pyridine rings is 1. The van der Waals surface area contributed by atoms with E-state index in [-0.39, 0.29) is 16.9 Å². The average Bonchev–Trinajstić information content (AvgIpc) is 2.65. The van der Waals surface area contributed by atoms with E-state index in [1.165, 1.54) is 12.1 Å². The summed E-state index contributed by atoms with van der Waals surface area (Å²) in [5.74, 6) is -0.175. The summed E-state index contributed by atoms with van der Waals surface area (Å²) in [5, 5.41) is 2.85. The van der Waals surface area contributed by atoms with Crippen molar-refractivity contribution in [3.8, 4) is 0 Å². The van der Waals surface area contributed by atoms with Gasteiger partial charge in [-0.05, 0) is 42.3 Å². The Morgan fingerprint density at radius 2 is 2.25 bits per heavy atom. The van der Waals surface area contributed by atoms with Crippen molar-refractivity contribution in [1.29, 1.82) is 0 Å². The average molecular weight is 237 g/mol. The van der Waals surface area contributed by atoms with Crippen LogP contribution in [-0.2, 0) is 0 Å². The van der Waals surface area contributed by atoms with E-state index in [0.717, 1.165) is 5.56 Å². The summed E-state index contributed by atoms with van der Waals surface area (Å²) < 4.78 is 4.98. The van der Waals surface area contributed by atoms with Gasteiger partial charge in [0.15, 0.2) is 11.0 Å². The first-order valence-corrected chi connectivity index (χ1v) is 5.01. The Morgan fingerprint density at radius 3 is 2.88 bits per heavy atom. The van der Waals surface area contributed by atoms with Gasteiger partial charge in [-0.2, -0.15) is 0 Å². The van der Waals surface area contributed by atoms with Gasteiger partial charge in [0.25, 0.3) is 5.91 Å². The minimum absolute atomic E-state index is 0.173. The molecule has 0 spiro atoms. The Labute approximate surface area is 97.2 Å². The van der Waals surface area contributed by atoms with E-state index >= 15 is 0 Å². The molecule has 0 unspecified atom stereocenters. The topological polar surface area (TPSA) is 55.1 Å². The Kier molecular flexibility index (Phi) is 2.92. The lowest BCUT2D eigenvalue weighted by Crippen LogP contribution is -2.11. The van der Waals surface area contributed by atoms with E-state index in [2.05, 4.69) is 10.3 Å². The molecule has 0 bridgehead atoms. The molecule has 0 aliphatic rings. The predicted octanol–water partition coefficient (Wildman–Crippen LogP) is 2.89. The molecular formula is C11H9ClN2O2. The number of nitrogens with one attached hydrogen (secondary N) is 1. The lowest BCUT2D eigenvalue weighted by atomic mass is 10.3. The molecule has 0 saturated heterocycles. The van der Waals surface area contributed by atoms with Crippen LogP contribution in [-0.4, -0.2) is 10.9 Å². The van der Waals surface area contributed by atoms with E-state index in [4.69, 9.17) is 16.0 Å². The molecule has 2 aromatic heterocycles. The molecule has 0 radical (unpaired) electrons. The van der Waals surface area contributed by atoms with Gasteiger partial charge in [-0.3, -0.25) is 9.78 Å². The second kappa shape index (κ2) is 4.37. The zero-order valence-electron chi connectivity index (χ0n) is 8.53. The Balaban J connectivity index is 2.13. The van der Waals surface area contributed by atoms with Crippen LogP contribution in [0.5, 0.6) is 0 Å². The number of furan rings is 1. The Morgan fingerprint density at radius 1 is 1.44 bits per heavy atom. The number of halogens is 1. The van der Waals surface area contributed by atoms with Crippen molar-refractivity contribution in [2.24, 2.45) is 0 Å². The lowest BCUT2D eigenvalue weighted by Gasteiger charge is -2.02. The van der Waals surface area contributed by atoms with Gasteiger partial charge < -0.3 is 9.73 Å². The van der Waals surface area contributed by atoms with Crippen molar-refractivity contribution < 1.29 is 9.21 Å². The molecule has 5 heteroatoms. The van der Waals surface area contributed by atoms with Crippen molar-refractivity contribution in [1.82, 2.24) is 4.98 Å². The van der Waals surface area contributed by atoms with Gasteiger partial charge in [0.05, 0.1) is 11.9 Å². The molecule has 2 rings (SSSR count). The normalized spacial score (nSPS) is 10.1. The fourth-order valence-electron chi connectivity index (χ4n) is 1.25. The summed E-state index contributed by atoms with van der Waals surface area (Å²) >= 11 is 5.57. The van der Waals surface area contributed by atoms with Crippen LogP contribution in [0, 0.1) is 6.92 Å². The molecule has 1 amide bonds. The van der Waals surface area contributed by atoms with Crippen molar-refractivity contribution >= 4 is 23.2 Å². The molecule has 4 nitrogen and oxygen atoms in total. The van der Waals surface area contributed by atoms with Crippen LogP contribution in [0.15, 0.2) is 35.0 Å². The van der Waals surface area contributed by atoms with Gasteiger partial charge in [-0.25, -0.2) is 0 Å². The van der Waals surface area contributed by atoms with Crippen LogP contribution in [0.3, 0.4) is 0 Å². The number of nitrogens with zero attached hydrogens (tertiary/aromatic N) is 1. The highest BCUT2D eigenvalue weighted by molar-refractivity contribution is 6.29. The maximum absolute atomic E-state index is 11.6. The van der Waals surface area contributed by atoms with E-state index in [1.54, 1.807) is 12.4 Å². The van der Waals surface area contributed by atoms with Crippen LogP contribution in [0.2, 0.25) is 5.22 Å². The summed E-state index contributed by atoms with van der Waals surface area (Å²) in [4.78, 5) is 15.6. The number of hydrogen-bond donors (Lipinski definition) is 1. The number of aryl methyl sites for hydroxylation is 1. The van der Waals surface area contributed by atoms with E-state index in [0.29, 0.717) is 5.69 Å². The lowest BCUT2D eigenvalue weighted by molar-refractivity contribution is 0.0996. The maximum Gasteiger partial charge on any atom is 0.291 e. The number of amides is 1. The maximum atomic E-state index is 11.6. The van der Waals surface area contributed by atoms with Crippen molar-refractivity contribution in [3.63, 3.8) is 0 Å². The largest absolute Gasteiger partial charge is 0.440 e. The molecule has 16 heavy (non-hydrogen) atoms. The zero-order valence-corrected chi connectivity index (χ0v) is 9.28. The summed E-state index contributed by atoms with van der Waals surface area (Å²) in [7, 11) is 0. The van der Waals surface area contributed by atoms with Crippen LogP contribution < -0.4 is 5.32 Å². The molecule has 2 heterocycles. The fraction of sp³-hybridized carbons (Fsp3) is 0.0909. The van der Waals surface area contributed by atoms with E-state index in [9.17, 15) is 4.79 Å². The van der Waals surface area contributed by atoms with Crippen LogP contribution in [0.1, 0.15) is 16.1 Å². The highest BCUT2D eigenvalue weighted by Crippen LogP contribution is 2.15. The first-order chi connectivity index (χ1) is 7.65. The predicted molar refractivity (Wildman–Crippen MR) is 60.6 cm³/mol. The third-order valence-electron chi connectivity index (χ3n) is 1.93. The first-order valence-electron chi connectivity index (χ1n) is 4.63. The molecular weight excluding hydrogens is 228 g/mol. The number of hydrogen-bond acceptors (Lipinski definition) is 3. The van der Waals surface area contributed by atoms with E-state index in [1.807, 2.05) is 13.0 Å². The summed E-state index contributed by atoms with van der Waals surface area (Å²) in [6.45, 7) is 1.90. The second-order valence-electron chi connectivity index (χ2n) is 3.31. The van der Waals surface area contributed by atoms with Crippen molar-refractivity contribution in [2.45, 2.75) is 6.92 Å². The highest BCUT2D eigenvalue weighted by Gasteiger charge is 2.10. The molecule has 0 atom stereocenters. The summed E-state index contributed by atoms with van der Waals surface area (Å²) in [5.41, 5.74) is 1.59. The van der Waals surface area contributed by atoms with Gasteiger partial charge in [-0.1, -0.05) is 0 Å². The van der Waals surface area contributed by atoms with Crippen LogP contribution in [0.25, 0.3) is 0 Å². The molecule has 2 aromatic rings. The molecule has 0 saturated carbocycles. The second-order valence-corrected chi connectivity index (χ2v) is 3.68. The summed E-state index contributed by atoms with van der Waals surface area (Å²) in [6.07, 6.45) is 3.27. The van der Waals surface area contributed by atoms with Crippen LogP contribution >= 0.6 is 11.6 Å². The third kappa shape index (κ3) is 2.41. The molecule has 1 N–H and O–H groups in total. The molecule has 0 aliphatic carbocycles. The van der Waals surface area contributed by atoms with Gasteiger partial charge in [0, 0.05) is 6.20 Å². The minimum Gasteiger partial charge on any atom is -0.440 e. The molecule has 0 aromatic carbocycles. The Hall–Kier alpha value is -1.81. The summed E-state index contributed by atoms with van der Waals surface area (Å²) in [6, 6.07) is 4.85. The number of carbonyl (C=O) groups is 1. The number of carbonyl (C=O) groups excluding carboxylic acids is 1. The van der Waals surface area contributed by atoms with Crippen molar-refractivity contribution in [3.05, 3.63) is 47.1 Å². The van der Waals surface area contributed by atoms with Gasteiger partial charge in [0.1, 0.15) is 0 Å². The zero-order chi connectivity index (χ0) is 11.5. The number of anilines is 1. The monoisotopic (exact) mass is 236 g/mol. The molecule has 0 aliphatic heterocycles. The molecule has 82 valence electrons. The minimum atomic E-state index is -0.348. The van der Waals surface area contributed by atoms with Gasteiger partial charge in [0.2, 0.25) is 0 Å². The van der Waals surface area contributed by atoms with Gasteiger partial charge >= 0.3 is 0 Å². The fourth-order valence-corrected chi connectivity index (χ4v) is 1.40. The van der Waals surface area contributed by atoms with Crippen LogP contribution in [0.4, 0.5) is 5.69 Å². The Bertz CT molecular complexity index is 522. The third-order valence-corrected chi connectivity index (χ3v) is 2.13. The SMILES string of the molecule is Cc1cncc(NC(=O)c2ccc(Cl)o2)c1. The molecule has 0 fully saturated rings. The number of aromatic nitrogens is 1. The highest BCUT2D eigenvalue weighted by atomic mass is 35.5. The smallest absolute Gasteiger partial charge is 0.291 e. The standard InChI is InChI=1S/C11H9ClN2O2/c1-7-4-8(6-13-5-7)14-11(15)9-2-3-10(12)16-9/h2-6H,1H3,(H,14,15). The van der Waals surface area contributed by atoms with E-state index < -0.39 is 0 Å². The van der Waals surface area contributed by atoms with Gasteiger partial charge in [-0.15, -0.1) is 0 Å². The van der Waals surface area contributed by atoms with Crippen molar-refractivity contribution in [2.75, 3.05) is 5.32 Å². The number of rotatable bonds is 2. The quantitative estimate of drug-likeness (QED) is 0.872.